The summed E-state index contributed by atoms with van der Waals surface area (Å²) in [6.07, 6.45) is 1.57. The van der Waals surface area contributed by atoms with Crippen molar-refractivity contribution in [1.29, 1.82) is 0 Å². The van der Waals surface area contributed by atoms with Crippen molar-refractivity contribution >= 4 is 6.09 Å². The molecule has 1 N–H and O–H groups in total. The molecule has 1 fully saturated rings. The fourth-order valence-corrected chi connectivity index (χ4v) is 2.75. The first-order valence-corrected chi connectivity index (χ1v) is 8.55. The molecular weight excluding hydrogens is 296 g/mol. The van der Waals surface area contributed by atoms with E-state index in [0.29, 0.717) is 31.8 Å². The van der Waals surface area contributed by atoms with E-state index < -0.39 is 5.60 Å². The Kier molecular flexibility index (Phi) is 8.29. The van der Waals surface area contributed by atoms with Crippen LogP contribution in [0.4, 0.5) is 4.79 Å². The van der Waals surface area contributed by atoms with Crippen LogP contribution in [0.3, 0.4) is 0 Å². The van der Waals surface area contributed by atoms with Gasteiger partial charge in [0, 0.05) is 32.3 Å². The van der Waals surface area contributed by atoms with E-state index in [1.165, 1.54) is 0 Å². The smallest absolute Gasteiger partial charge is 0.410 e. The lowest BCUT2D eigenvalue weighted by atomic mass is 10.1. The largest absolute Gasteiger partial charge is 0.444 e. The van der Waals surface area contributed by atoms with Gasteiger partial charge in [0.15, 0.2) is 0 Å². The molecule has 1 amide bonds. The van der Waals surface area contributed by atoms with Crippen LogP contribution in [0.15, 0.2) is 0 Å². The molecule has 0 aromatic carbocycles. The van der Waals surface area contributed by atoms with E-state index in [0.717, 1.165) is 19.4 Å². The molecule has 1 aliphatic heterocycles. The van der Waals surface area contributed by atoms with Crippen molar-refractivity contribution in [3.8, 4) is 0 Å². The van der Waals surface area contributed by atoms with Gasteiger partial charge in [-0.2, -0.15) is 0 Å². The number of nitrogens with one attached hydrogen (secondary N) is 1. The highest BCUT2D eigenvalue weighted by molar-refractivity contribution is 5.68. The standard InChI is InChI=1S/C17H34N2O4/c1-13(7-9-21-6)18-14(2)11-15-12-22-10-8-19(15)16(20)23-17(3,4)5/h13-15,18H,7-12H2,1-6H3. The molecule has 1 heterocycles. The molecular formula is C17H34N2O4. The molecule has 23 heavy (non-hydrogen) atoms. The SMILES string of the molecule is COCCC(C)NC(C)CC1COCCN1C(=O)OC(C)(C)C. The van der Waals surface area contributed by atoms with Gasteiger partial charge in [0.25, 0.3) is 0 Å². The first-order valence-electron chi connectivity index (χ1n) is 8.55. The van der Waals surface area contributed by atoms with Crippen LogP contribution in [-0.2, 0) is 14.2 Å². The minimum Gasteiger partial charge on any atom is -0.444 e. The summed E-state index contributed by atoms with van der Waals surface area (Å²) >= 11 is 0. The zero-order chi connectivity index (χ0) is 17.5. The number of hydrogen-bond donors (Lipinski definition) is 1. The number of amides is 1. The first-order chi connectivity index (χ1) is 10.7. The van der Waals surface area contributed by atoms with Gasteiger partial charge in [-0.25, -0.2) is 4.79 Å². The Morgan fingerprint density at radius 1 is 1.35 bits per heavy atom. The van der Waals surface area contributed by atoms with Gasteiger partial charge in [-0.3, -0.25) is 0 Å². The Hall–Kier alpha value is -0.850. The molecule has 6 heteroatoms. The summed E-state index contributed by atoms with van der Waals surface area (Å²) in [5, 5.41) is 3.56. The molecule has 1 saturated heterocycles. The second kappa shape index (κ2) is 9.45. The molecule has 0 aromatic rings. The van der Waals surface area contributed by atoms with Crippen molar-refractivity contribution in [2.45, 2.75) is 71.2 Å². The van der Waals surface area contributed by atoms with Crippen molar-refractivity contribution in [3.05, 3.63) is 0 Å². The fraction of sp³-hybridized carbons (Fsp3) is 0.941. The zero-order valence-corrected chi connectivity index (χ0v) is 15.6. The van der Waals surface area contributed by atoms with Gasteiger partial charge in [-0.15, -0.1) is 0 Å². The van der Waals surface area contributed by atoms with Crippen LogP contribution in [0, 0.1) is 0 Å². The molecule has 0 spiro atoms. The van der Waals surface area contributed by atoms with E-state index in [1.54, 1.807) is 7.11 Å². The molecule has 136 valence electrons. The third-order valence-electron chi connectivity index (χ3n) is 3.81. The second-order valence-corrected chi connectivity index (χ2v) is 7.39. The lowest BCUT2D eigenvalue weighted by Crippen LogP contribution is -2.52. The van der Waals surface area contributed by atoms with Gasteiger partial charge >= 0.3 is 6.09 Å². The van der Waals surface area contributed by atoms with E-state index in [1.807, 2.05) is 25.7 Å². The second-order valence-electron chi connectivity index (χ2n) is 7.39. The average molecular weight is 330 g/mol. The molecule has 3 unspecified atom stereocenters. The van der Waals surface area contributed by atoms with Crippen LogP contribution in [0.25, 0.3) is 0 Å². The van der Waals surface area contributed by atoms with Crippen LogP contribution >= 0.6 is 0 Å². The molecule has 1 rings (SSSR count). The fourth-order valence-electron chi connectivity index (χ4n) is 2.75. The van der Waals surface area contributed by atoms with Crippen LogP contribution in [0.5, 0.6) is 0 Å². The Morgan fingerprint density at radius 2 is 2.04 bits per heavy atom. The van der Waals surface area contributed by atoms with Gasteiger partial charge in [-0.1, -0.05) is 0 Å². The molecule has 0 aromatic heterocycles. The number of carbonyl (C=O) groups excluding carboxylic acids is 1. The topological polar surface area (TPSA) is 60.0 Å². The quantitative estimate of drug-likeness (QED) is 0.777. The minimum absolute atomic E-state index is 0.0516. The summed E-state index contributed by atoms with van der Waals surface area (Å²) in [6, 6.07) is 0.721. The van der Waals surface area contributed by atoms with Crippen LogP contribution in [-0.4, -0.2) is 68.2 Å². The highest BCUT2D eigenvalue weighted by Gasteiger charge is 2.31. The minimum atomic E-state index is -0.474. The lowest BCUT2D eigenvalue weighted by Gasteiger charge is -2.38. The van der Waals surface area contributed by atoms with Gasteiger partial charge in [0.05, 0.1) is 19.3 Å². The van der Waals surface area contributed by atoms with Crippen molar-refractivity contribution in [1.82, 2.24) is 10.2 Å². The summed E-state index contributed by atoms with van der Waals surface area (Å²) in [7, 11) is 1.72. The Morgan fingerprint density at radius 3 is 2.65 bits per heavy atom. The molecule has 0 aliphatic carbocycles. The van der Waals surface area contributed by atoms with Gasteiger partial charge in [-0.05, 0) is 47.5 Å². The van der Waals surface area contributed by atoms with Crippen LogP contribution in [0.2, 0.25) is 0 Å². The number of carbonyl (C=O) groups is 1. The first kappa shape index (κ1) is 20.2. The monoisotopic (exact) mass is 330 g/mol. The number of morpholine rings is 1. The van der Waals surface area contributed by atoms with E-state index in [2.05, 4.69) is 19.2 Å². The maximum atomic E-state index is 12.4. The third kappa shape index (κ3) is 7.99. The molecule has 0 radical (unpaired) electrons. The van der Waals surface area contributed by atoms with Gasteiger partial charge < -0.3 is 24.4 Å². The van der Waals surface area contributed by atoms with E-state index in [4.69, 9.17) is 14.2 Å². The lowest BCUT2D eigenvalue weighted by molar-refractivity contribution is -0.0357. The number of ether oxygens (including phenoxy) is 3. The predicted molar refractivity (Wildman–Crippen MR) is 90.7 cm³/mol. The van der Waals surface area contributed by atoms with Crippen molar-refractivity contribution in [3.63, 3.8) is 0 Å². The van der Waals surface area contributed by atoms with Crippen LogP contribution in [0.1, 0.15) is 47.5 Å². The molecule has 3 atom stereocenters. The van der Waals surface area contributed by atoms with Crippen molar-refractivity contribution in [2.75, 3.05) is 33.5 Å². The highest BCUT2D eigenvalue weighted by atomic mass is 16.6. The van der Waals surface area contributed by atoms with E-state index >= 15 is 0 Å². The summed E-state index contributed by atoms with van der Waals surface area (Å²) in [4.78, 5) is 14.2. The summed E-state index contributed by atoms with van der Waals surface area (Å²) < 4.78 is 16.2. The van der Waals surface area contributed by atoms with Crippen LogP contribution < -0.4 is 5.32 Å². The van der Waals surface area contributed by atoms with Crippen molar-refractivity contribution in [2.24, 2.45) is 0 Å². The van der Waals surface area contributed by atoms with Crippen molar-refractivity contribution < 1.29 is 19.0 Å². The van der Waals surface area contributed by atoms with Gasteiger partial charge in [0.2, 0.25) is 0 Å². The Labute approximate surface area is 140 Å². The average Bonchev–Trinajstić information content (AvgIpc) is 2.43. The Bertz CT molecular complexity index is 357. The molecule has 0 saturated carbocycles. The number of nitrogens with zero attached hydrogens (tertiary/aromatic N) is 1. The maximum Gasteiger partial charge on any atom is 0.410 e. The van der Waals surface area contributed by atoms with Gasteiger partial charge in [0.1, 0.15) is 5.60 Å². The molecule has 1 aliphatic rings. The summed E-state index contributed by atoms with van der Waals surface area (Å²) in [6.45, 7) is 12.4. The number of hydrogen-bond acceptors (Lipinski definition) is 5. The van der Waals surface area contributed by atoms with E-state index in [9.17, 15) is 4.79 Å². The third-order valence-corrected chi connectivity index (χ3v) is 3.81. The number of methoxy groups -OCH3 is 1. The highest BCUT2D eigenvalue weighted by Crippen LogP contribution is 2.17. The summed E-state index contributed by atoms with van der Waals surface area (Å²) in [5.41, 5.74) is -0.474. The van der Waals surface area contributed by atoms with E-state index in [-0.39, 0.29) is 12.1 Å². The Balaban J connectivity index is 2.52. The normalized spacial score (nSPS) is 21.8. The summed E-state index contributed by atoms with van der Waals surface area (Å²) in [5.74, 6) is 0. The number of rotatable bonds is 7. The maximum absolute atomic E-state index is 12.4. The molecule has 0 bridgehead atoms. The zero-order valence-electron chi connectivity index (χ0n) is 15.6. The predicted octanol–water partition coefficient (Wildman–Crippen LogP) is 2.42. The molecule has 6 nitrogen and oxygen atoms in total.